The van der Waals surface area contributed by atoms with E-state index in [4.69, 9.17) is 4.74 Å². The van der Waals surface area contributed by atoms with E-state index in [9.17, 15) is 8.42 Å². The van der Waals surface area contributed by atoms with Gasteiger partial charge in [-0.05, 0) is 0 Å². The van der Waals surface area contributed by atoms with Gasteiger partial charge in [0.1, 0.15) is 0 Å². The van der Waals surface area contributed by atoms with Gasteiger partial charge >= 0.3 is 0 Å². The van der Waals surface area contributed by atoms with E-state index in [0.29, 0.717) is 39.3 Å². The molecule has 0 amide bonds. The highest BCUT2D eigenvalue weighted by Crippen LogP contribution is 2.26. The Kier molecular flexibility index (Phi) is 5.53. The van der Waals surface area contributed by atoms with Crippen molar-refractivity contribution in [1.29, 1.82) is 0 Å². The number of methoxy groups -OCH3 is 1. The molecule has 1 aliphatic heterocycles. The molecular formula is C17H24N4O3S. The number of fused-ring (bicyclic) bond motifs is 1. The molecule has 0 atom stereocenters. The van der Waals surface area contributed by atoms with E-state index in [-0.39, 0.29) is 0 Å². The Balaban J connectivity index is 1.71. The minimum atomic E-state index is -3.44. The van der Waals surface area contributed by atoms with E-state index in [2.05, 4.69) is 16.0 Å². The van der Waals surface area contributed by atoms with Crippen molar-refractivity contribution in [3.8, 4) is 0 Å². The fourth-order valence-electron chi connectivity index (χ4n) is 3.04. The summed E-state index contributed by atoms with van der Waals surface area (Å²) in [5, 5.41) is 2.24. The average molecular weight is 364 g/mol. The van der Waals surface area contributed by atoms with Crippen LogP contribution < -0.4 is 4.90 Å². The van der Waals surface area contributed by atoms with Crippen molar-refractivity contribution in [3.63, 3.8) is 0 Å². The lowest BCUT2D eigenvalue weighted by Gasteiger charge is -2.37. The quantitative estimate of drug-likeness (QED) is 0.770. The van der Waals surface area contributed by atoms with Crippen LogP contribution in [0.15, 0.2) is 36.7 Å². The Morgan fingerprint density at radius 2 is 1.88 bits per heavy atom. The summed E-state index contributed by atoms with van der Waals surface area (Å²) in [4.78, 5) is 6.53. The van der Waals surface area contributed by atoms with Gasteiger partial charge in [0.2, 0.25) is 0 Å². The molecule has 0 radical (unpaired) electrons. The maximum absolute atomic E-state index is 12.6. The topological polar surface area (TPSA) is 66.0 Å². The number of rotatable bonds is 6. The van der Waals surface area contributed by atoms with Crippen molar-refractivity contribution in [2.75, 3.05) is 58.4 Å². The van der Waals surface area contributed by atoms with Crippen LogP contribution in [-0.2, 0) is 14.9 Å². The number of anilines is 1. The Morgan fingerprint density at radius 1 is 1.16 bits per heavy atom. The number of piperazine rings is 1. The average Bonchev–Trinajstić information content (AvgIpc) is 2.65. The number of hydrogen-bond donors (Lipinski definition) is 0. The predicted octanol–water partition coefficient (Wildman–Crippen LogP) is 1.18. The second-order valence-electron chi connectivity index (χ2n) is 6.09. The second kappa shape index (κ2) is 7.65. The molecule has 0 unspecified atom stereocenters. The fourth-order valence-corrected chi connectivity index (χ4v) is 4.37. The SMILES string of the molecule is COCCN(C)S(=O)(=O)N1CCN(c2cncc3ccccc23)CC1. The Hall–Kier alpha value is -1.74. The van der Waals surface area contributed by atoms with Gasteiger partial charge in [-0.2, -0.15) is 17.0 Å². The molecule has 0 aliphatic carbocycles. The highest BCUT2D eigenvalue weighted by atomic mass is 32.2. The molecule has 1 saturated heterocycles. The van der Waals surface area contributed by atoms with Gasteiger partial charge in [0.05, 0.1) is 18.5 Å². The lowest BCUT2D eigenvalue weighted by molar-refractivity contribution is 0.182. The lowest BCUT2D eigenvalue weighted by atomic mass is 10.1. The molecule has 1 aromatic carbocycles. The van der Waals surface area contributed by atoms with Crippen LogP contribution in [0.3, 0.4) is 0 Å². The number of nitrogens with zero attached hydrogens (tertiary/aromatic N) is 4. The summed E-state index contributed by atoms with van der Waals surface area (Å²) < 4.78 is 33.1. The van der Waals surface area contributed by atoms with Crippen LogP contribution in [0, 0.1) is 0 Å². The minimum absolute atomic E-state index is 0.353. The van der Waals surface area contributed by atoms with Gasteiger partial charge in [-0.15, -0.1) is 0 Å². The summed E-state index contributed by atoms with van der Waals surface area (Å²) in [5.74, 6) is 0. The van der Waals surface area contributed by atoms with Crippen molar-refractivity contribution in [2.24, 2.45) is 0 Å². The summed E-state index contributed by atoms with van der Waals surface area (Å²) >= 11 is 0. The number of ether oxygens (including phenoxy) is 1. The van der Waals surface area contributed by atoms with Crippen LogP contribution >= 0.6 is 0 Å². The van der Waals surface area contributed by atoms with Gasteiger partial charge in [0.15, 0.2) is 0 Å². The number of pyridine rings is 1. The molecule has 2 heterocycles. The maximum atomic E-state index is 12.6. The van der Waals surface area contributed by atoms with Crippen molar-refractivity contribution >= 4 is 26.7 Å². The molecule has 0 spiro atoms. The van der Waals surface area contributed by atoms with E-state index in [0.717, 1.165) is 16.5 Å². The zero-order valence-corrected chi connectivity index (χ0v) is 15.4. The third-order valence-corrected chi connectivity index (χ3v) is 6.54. The van der Waals surface area contributed by atoms with Crippen molar-refractivity contribution < 1.29 is 13.2 Å². The largest absolute Gasteiger partial charge is 0.383 e. The standard InChI is InChI=1S/C17H24N4O3S/c1-19(11-12-24-2)25(22,23)21-9-7-20(8-10-21)17-14-18-13-15-5-3-4-6-16(15)17/h3-6,13-14H,7-12H2,1-2H3. The predicted molar refractivity (Wildman–Crippen MR) is 99.0 cm³/mol. The molecular weight excluding hydrogens is 340 g/mol. The van der Waals surface area contributed by atoms with Crippen LogP contribution in [-0.4, -0.2) is 75.5 Å². The van der Waals surface area contributed by atoms with Gasteiger partial charge in [0.25, 0.3) is 10.2 Å². The molecule has 2 aromatic rings. The first-order valence-electron chi connectivity index (χ1n) is 8.32. The fraction of sp³-hybridized carbons (Fsp3) is 0.471. The highest BCUT2D eigenvalue weighted by Gasteiger charge is 2.30. The molecule has 1 fully saturated rings. The van der Waals surface area contributed by atoms with E-state index in [1.807, 2.05) is 30.6 Å². The molecule has 3 rings (SSSR count). The lowest BCUT2D eigenvalue weighted by Crippen LogP contribution is -2.52. The van der Waals surface area contributed by atoms with Gasteiger partial charge in [-0.3, -0.25) is 4.98 Å². The van der Waals surface area contributed by atoms with Crippen LogP contribution in [0.25, 0.3) is 10.8 Å². The Morgan fingerprint density at radius 3 is 2.60 bits per heavy atom. The zero-order valence-electron chi connectivity index (χ0n) is 14.6. The smallest absolute Gasteiger partial charge is 0.281 e. The number of hydrogen-bond acceptors (Lipinski definition) is 5. The van der Waals surface area contributed by atoms with Crippen molar-refractivity contribution in [2.45, 2.75) is 0 Å². The molecule has 7 nitrogen and oxygen atoms in total. The molecule has 136 valence electrons. The number of aromatic nitrogens is 1. The Bertz CT molecular complexity index is 814. The Labute approximate surface area is 149 Å². The summed E-state index contributed by atoms with van der Waals surface area (Å²) in [6, 6.07) is 8.12. The van der Waals surface area contributed by atoms with Crippen LogP contribution in [0.4, 0.5) is 5.69 Å². The van der Waals surface area contributed by atoms with Crippen molar-refractivity contribution in [1.82, 2.24) is 13.6 Å². The zero-order chi connectivity index (χ0) is 17.9. The molecule has 1 aromatic heterocycles. The van der Waals surface area contributed by atoms with E-state index in [1.54, 1.807) is 14.2 Å². The third-order valence-electron chi connectivity index (χ3n) is 4.56. The summed E-state index contributed by atoms with van der Waals surface area (Å²) in [7, 11) is -0.278. The summed E-state index contributed by atoms with van der Waals surface area (Å²) in [6.45, 7) is 2.95. The molecule has 0 N–H and O–H groups in total. The molecule has 0 bridgehead atoms. The van der Waals surface area contributed by atoms with Gasteiger partial charge in [-0.25, -0.2) is 0 Å². The molecule has 1 aliphatic rings. The first kappa shape index (κ1) is 18.1. The van der Waals surface area contributed by atoms with Gasteiger partial charge in [0, 0.05) is 63.9 Å². The molecule has 0 saturated carbocycles. The minimum Gasteiger partial charge on any atom is -0.383 e. The first-order valence-corrected chi connectivity index (χ1v) is 9.72. The monoisotopic (exact) mass is 364 g/mol. The third kappa shape index (κ3) is 3.77. The molecule has 25 heavy (non-hydrogen) atoms. The van der Waals surface area contributed by atoms with Gasteiger partial charge < -0.3 is 9.64 Å². The first-order chi connectivity index (χ1) is 12.0. The maximum Gasteiger partial charge on any atom is 0.281 e. The number of likely N-dealkylation sites (N-methyl/N-ethyl adjacent to an activating group) is 1. The number of benzene rings is 1. The normalized spacial score (nSPS) is 16.7. The van der Waals surface area contributed by atoms with E-state index >= 15 is 0 Å². The van der Waals surface area contributed by atoms with E-state index in [1.165, 1.54) is 8.61 Å². The van der Waals surface area contributed by atoms with Crippen molar-refractivity contribution in [3.05, 3.63) is 36.7 Å². The van der Waals surface area contributed by atoms with Crippen LogP contribution in [0.5, 0.6) is 0 Å². The van der Waals surface area contributed by atoms with Gasteiger partial charge in [-0.1, -0.05) is 24.3 Å². The van der Waals surface area contributed by atoms with E-state index < -0.39 is 10.2 Å². The van der Waals surface area contributed by atoms with Crippen LogP contribution in [0.1, 0.15) is 0 Å². The second-order valence-corrected chi connectivity index (χ2v) is 8.12. The summed E-state index contributed by atoms with van der Waals surface area (Å²) in [5.41, 5.74) is 1.06. The summed E-state index contributed by atoms with van der Waals surface area (Å²) in [6.07, 6.45) is 3.71. The van der Waals surface area contributed by atoms with Crippen LogP contribution in [0.2, 0.25) is 0 Å². The highest BCUT2D eigenvalue weighted by molar-refractivity contribution is 7.86. The molecule has 8 heteroatoms.